The van der Waals surface area contributed by atoms with E-state index in [4.69, 9.17) is 9.47 Å². The molecular formula is C14H17NO3. The van der Waals surface area contributed by atoms with Gasteiger partial charge in [-0.05, 0) is 18.1 Å². The van der Waals surface area contributed by atoms with E-state index in [0.29, 0.717) is 11.5 Å². The van der Waals surface area contributed by atoms with Crippen LogP contribution in [0.2, 0.25) is 0 Å². The fourth-order valence-corrected chi connectivity index (χ4v) is 1.98. The first-order valence-corrected chi connectivity index (χ1v) is 5.85. The summed E-state index contributed by atoms with van der Waals surface area (Å²) in [6, 6.07) is 5.55. The fourth-order valence-electron chi connectivity index (χ4n) is 1.98. The van der Waals surface area contributed by atoms with E-state index in [2.05, 4.69) is 4.98 Å². The molecule has 0 unspecified atom stereocenters. The first-order valence-electron chi connectivity index (χ1n) is 5.85. The topological polar surface area (TPSA) is 51.3 Å². The van der Waals surface area contributed by atoms with E-state index in [1.807, 2.05) is 26.0 Å². The second-order valence-corrected chi connectivity index (χ2v) is 4.50. The average molecular weight is 247 g/mol. The molecule has 2 aromatic rings. The van der Waals surface area contributed by atoms with Crippen LogP contribution in [-0.4, -0.2) is 19.2 Å². The minimum absolute atomic E-state index is 0.0512. The normalized spacial score (nSPS) is 10.9. The van der Waals surface area contributed by atoms with Crippen molar-refractivity contribution < 1.29 is 9.47 Å². The van der Waals surface area contributed by atoms with Gasteiger partial charge in [0.2, 0.25) is 0 Å². The van der Waals surface area contributed by atoms with Crippen molar-refractivity contribution in [1.82, 2.24) is 4.98 Å². The van der Waals surface area contributed by atoms with Crippen LogP contribution in [0.25, 0.3) is 10.9 Å². The molecule has 0 aliphatic rings. The predicted molar refractivity (Wildman–Crippen MR) is 71.8 cm³/mol. The number of nitrogens with one attached hydrogen (secondary N) is 1. The van der Waals surface area contributed by atoms with Crippen molar-refractivity contribution in [1.29, 1.82) is 0 Å². The van der Waals surface area contributed by atoms with E-state index in [-0.39, 0.29) is 11.5 Å². The van der Waals surface area contributed by atoms with Gasteiger partial charge in [0.1, 0.15) is 0 Å². The van der Waals surface area contributed by atoms with E-state index in [1.54, 1.807) is 20.3 Å². The first kappa shape index (κ1) is 12.5. The Morgan fingerprint density at radius 1 is 1.06 bits per heavy atom. The van der Waals surface area contributed by atoms with Crippen LogP contribution >= 0.6 is 0 Å². The summed E-state index contributed by atoms with van der Waals surface area (Å²) in [5, 5.41) is 0.941. The van der Waals surface area contributed by atoms with E-state index in [1.165, 1.54) is 0 Å². The summed E-state index contributed by atoms with van der Waals surface area (Å²) >= 11 is 0. The second-order valence-electron chi connectivity index (χ2n) is 4.50. The monoisotopic (exact) mass is 247 g/mol. The summed E-state index contributed by atoms with van der Waals surface area (Å²) in [7, 11) is 3.17. The lowest BCUT2D eigenvalue weighted by Gasteiger charge is -2.11. The summed E-state index contributed by atoms with van der Waals surface area (Å²) in [6.07, 6.45) is 0. The van der Waals surface area contributed by atoms with Crippen molar-refractivity contribution in [3.63, 3.8) is 0 Å². The highest BCUT2D eigenvalue weighted by Crippen LogP contribution is 2.31. The smallest absolute Gasteiger partial charge is 0.251 e. The number of rotatable bonds is 3. The molecule has 0 radical (unpaired) electrons. The average Bonchev–Trinajstić information content (AvgIpc) is 2.36. The lowest BCUT2D eigenvalue weighted by Crippen LogP contribution is -2.13. The Bertz CT molecular complexity index is 629. The number of ether oxygens (including phenoxy) is 2. The molecule has 2 rings (SSSR count). The van der Waals surface area contributed by atoms with Crippen LogP contribution in [0.15, 0.2) is 23.0 Å². The molecule has 0 fully saturated rings. The fraction of sp³-hybridized carbons (Fsp3) is 0.357. The minimum atomic E-state index is -0.0512. The third-order valence-corrected chi connectivity index (χ3v) is 3.00. The van der Waals surface area contributed by atoms with Gasteiger partial charge < -0.3 is 14.5 Å². The highest BCUT2D eigenvalue weighted by atomic mass is 16.5. The van der Waals surface area contributed by atoms with Crippen LogP contribution in [0.1, 0.15) is 25.3 Å². The predicted octanol–water partition coefficient (Wildman–Crippen LogP) is 2.67. The largest absolute Gasteiger partial charge is 0.493 e. The van der Waals surface area contributed by atoms with Gasteiger partial charge in [0.05, 0.1) is 19.7 Å². The molecule has 0 aliphatic heterocycles. The summed E-state index contributed by atoms with van der Waals surface area (Å²) in [4.78, 5) is 14.8. The Kier molecular flexibility index (Phi) is 3.28. The number of pyridine rings is 1. The molecule has 0 aliphatic carbocycles. The van der Waals surface area contributed by atoms with Crippen molar-refractivity contribution in [3.05, 3.63) is 34.1 Å². The van der Waals surface area contributed by atoms with Crippen molar-refractivity contribution in [2.45, 2.75) is 19.8 Å². The molecule has 0 bridgehead atoms. The van der Waals surface area contributed by atoms with Crippen LogP contribution in [-0.2, 0) is 0 Å². The lowest BCUT2D eigenvalue weighted by atomic mass is 10.0. The Balaban J connectivity index is 2.74. The van der Waals surface area contributed by atoms with Gasteiger partial charge in [0, 0.05) is 17.0 Å². The summed E-state index contributed by atoms with van der Waals surface area (Å²) in [6.45, 7) is 3.99. The molecule has 0 amide bonds. The van der Waals surface area contributed by atoms with Crippen molar-refractivity contribution >= 4 is 10.9 Å². The van der Waals surface area contributed by atoms with Gasteiger partial charge in [-0.15, -0.1) is 0 Å². The van der Waals surface area contributed by atoms with Crippen LogP contribution in [0.5, 0.6) is 11.5 Å². The lowest BCUT2D eigenvalue weighted by molar-refractivity contribution is 0.356. The Morgan fingerprint density at radius 2 is 1.67 bits per heavy atom. The van der Waals surface area contributed by atoms with Crippen molar-refractivity contribution in [3.8, 4) is 11.5 Å². The van der Waals surface area contributed by atoms with Gasteiger partial charge in [-0.2, -0.15) is 0 Å². The molecule has 0 atom stereocenters. The number of fused-ring (bicyclic) bond motifs is 1. The molecule has 96 valence electrons. The second kappa shape index (κ2) is 4.72. The third-order valence-electron chi connectivity index (χ3n) is 3.00. The Morgan fingerprint density at radius 3 is 2.22 bits per heavy atom. The quantitative estimate of drug-likeness (QED) is 0.907. The molecule has 4 heteroatoms. The zero-order valence-electron chi connectivity index (χ0n) is 11.0. The maximum Gasteiger partial charge on any atom is 0.251 e. The van der Waals surface area contributed by atoms with E-state index >= 15 is 0 Å². The number of benzene rings is 1. The molecule has 0 spiro atoms. The summed E-state index contributed by atoms with van der Waals surface area (Å²) in [5.74, 6) is 1.45. The molecule has 1 heterocycles. The van der Waals surface area contributed by atoms with Gasteiger partial charge in [-0.25, -0.2) is 0 Å². The SMILES string of the molecule is COc1cc2cc(C(C)C)c(=O)[nH]c2cc1OC. The summed E-state index contributed by atoms with van der Waals surface area (Å²) < 4.78 is 10.5. The number of aromatic nitrogens is 1. The molecule has 1 aromatic heterocycles. The van der Waals surface area contributed by atoms with Gasteiger partial charge in [-0.3, -0.25) is 4.79 Å². The molecule has 4 nitrogen and oxygen atoms in total. The van der Waals surface area contributed by atoms with Crippen molar-refractivity contribution in [2.24, 2.45) is 0 Å². The van der Waals surface area contributed by atoms with Crippen LogP contribution in [0, 0.1) is 0 Å². The van der Waals surface area contributed by atoms with Crippen molar-refractivity contribution in [2.75, 3.05) is 14.2 Å². The van der Waals surface area contributed by atoms with Crippen LogP contribution in [0.4, 0.5) is 0 Å². The van der Waals surface area contributed by atoms with Gasteiger partial charge >= 0.3 is 0 Å². The highest BCUT2D eigenvalue weighted by Gasteiger charge is 2.10. The molecular weight excluding hydrogens is 230 g/mol. The zero-order valence-corrected chi connectivity index (χ0v) is 11.0. The highest BCUT2D eigenvalue weighted by molar-refractivity contribution is 5.83. The number of aromatic amines is 1. The van der Waals surface area contributed by atoms with E-state index in [9.17, 15) is 4.79 Å². The number of hydrogen-bond donors (Lipinski definition) is 1. The van der Waals surface area contributed by atoms with Gasteiger partial charge in [0.25, 0.3) is 5.56 Å². The summed E-state index contributed by atoms with van der Waals surface area (Å²) in [5.41, 5.74) is 1.47. The molecule has 0 saturated heterocycles. The molecule has 18 heavy (non-hydrogen) atoms. The van der Waals surface area contributed by atoms with Gasteiger partial charge in [0.15, 0.2) is 11.5 Å². The van der Waals surface area contributed by atoms with E-state index < -0.39 is 0 Å². The number of hydrogen-bond acceptors (Lipinski definition) is 3. The maximum atomic E-state index is 11.9. The standard InChI is InChI=1S/C14H17NO3/c1-8(2)10-5-9-6-12(17-3)13(18-4)7-11(9)15-14(10)16/h5-8H,1-4H3,(H,15,16). The van der Waals surface area contributed by atoms with Crippen LogP contribution < -0.4 is 15.0 Å². The first-order chi connectivity index (χ1) is 8.56. The molecule has 0 saturated carbocycles. The Labute approximate surface area is 106 Å². The zero-order chi connectivity index (χ0) is 13.3. The van der Waals surface area contributed by atoms with Gasteiger partial charge in [-0.1, -0.05) is 13.8 Å². The van der Waals surface area contributed by atoms with E-state index in [0.717, 1.165) is 16.5 Å². The number of H-pyrrole nitrogens is 1. The third kappa shape index (κ3) is 2.06. The molecule has 1 aromatic carbocycles. The Hall–Kier alpha value is -1.97. The van der Waals surface area contributed by atoms with Crippen LogP contribution in [0.3, 0.4) is 0 Å². The number of methoxy groups -OCH3 is 2. The minimum Gasteiger partial charge on any atom is -0.493 e. The maximum absolute atomic E-state index is 11.9. The molecule has 1 N–H and O–H groups in total.